The summed E-state index contributed by atoms with van der Waals surface area (Å²) in [6.07, 6.45) is 1.85. The number of nitro benzene ring substituents is 1. The maximum absolute atomic E-state index is 13.3. The normalized spacial score (nSPS) is 12.1. The fourth-order valence-electron chi connectivity index (χ4n) is 1.99. The highest BCUT2D eigenvalue weighted by molar-refractivity contribution is 5.70. The second-order valence-electron chi connectivity index (χ2n) is 4.60. The van der Waals surface area contributed by atoms with Crippen LogP contribution in [0.25, 0.3) is 0 Å². The second kappa shape index (κ2) is 7.54. The van der Waals surface area contributed by atoms with E-state index in [0.29, 0.717) is 31.4 Å². The molecule has 0 aromatic heterocycles. The number of unbranched alkanes of at least 4 members (excludes halogenated alkanes) is 1. The number of nitrogens with zero attached hydrogens (tertiary/aromatic N) is 1. The van der Waals surface area contributed by atoms with Crippen molar-refractivity contribution in [1.29, 1.82) is 0 Å². The lowest BCUT2D eigenvalue weighted by Gasteiger charge is -2.12. The van der Waals surface area contributed by atoms with E-state index in [0.717, 1.165) is 12.1 Å². The van der Waals surface area contributed by atoms with Gasteiger partial charge in [-0.1, -0.05) is 6.42 Å². The summed E-state index contributed by atoms with van der Waals surface area (Å²) in [7, 11) is 0. The highest BCUT2D eigenvalue weighted by Gasteiger charge is 2.19. The number of benzene rings is 1. The topological polar surface area (TPSA) is 106 Å². The number of rotatable bonds is 8. The monoisotopic (exact) mass is 284 g/mol. The Morgan fingerprint density at radius 3 is 2.65 bits per heavy atom. The zero-order valence-corrected chi connectivity index (χ0v) is 10.9. The Labute approximate surface area is 115 Å². The summed E-state index contributed by atoms with van der Waals surface area (Å²) in [5, 5.41) is 19.8. The number of nitro groups is 1. The lowest BCUT2D eigenvalue weighted by molar-refractivity contribution is -0.385. The quantitative estimate of drug-likeness (QED) is 0.432. The number of halogens is 1. The minimum atomic E-state index is -0.992. The smallest absolute Gasteiger partial charge is 0.306 e. The Balaban J connectivity index is 2.82. The fraction of sp³-hybridized carbons (Fsp3) is 0.462. The standard InChI is InChI=1S/C13H17FN2O4/c14-11-6-9(7-12(8-11)16(19)20)5-10(13(17)18)3-1-2-4-15/h6-8,10H,1-5,15H2,(H,17,18). The Hall–Kier alpha value is -2.02. The van der Waals surface area contributed by atoms with E-state index in [-0.39, 0.29) is 12.1 Å². The highest BCUT2D eigenvalue weighted by atomic mass is 19.1. The van der Waals surface area contributed by atoms with Crippen LogP contribution in [-0.4, -0.2) is 22.5 Å². The molecule has 7 heteroatoms. The molecule has 0 amide bonds. The van der Waals surface area contributed by atoms with Gasteiger partial charge in [0.05, 0.1) is 16.9 Å². The molecule has 3 N–H and O–H groups in total. The fourth-order valence-corrected chi connectivity index (χ4v) is 1.99. The summed E-state index contributed by atoms with van der Waals surface area (Å²) in [5.41, 5.74) is 5.29. The summed E-state index contributed by atoms with van der Waals surface area (Å²) in [5.74, 6) is -2.42. The molecule has 6 nitrogen and oxygen atoms in total. The molecule has 0 heterocycles. The van der Waals surface area contributed by atoms with Gasteiger partial charge < -0.3 is 10.8 Å². The van der Waals surface area contributed by atoms with Crippen LogP contribution >= 0.6 is 0 Å². The van der Waals surface area contributed by atoms with Crippen molar-refractivity contribution < 1.29 is 19.2 Å². The molecule has 1 unspecified atom stereocenters. The average Bonchev–Trinajstić information content (AvgIpc) is 2.36. The number of carboxylic acids is 1. The molecule has 1 aromatic carbocycles. The number of hydrogen-bond acceptors (Lipinski definition) is 4. The predicted molar refractivity (Wildman–Crippen MR) is 70.8 cm³/mol. The van der Waals surface area contributed by atoms with Crippen molar-refractivity contribution in [3.05, 3.63) is 39.7 Å². The lowest BCUT2D eigenvalue weighted by Crippen LogP contribution is -2.17. The first-order valence-corrected chi connectivity index (χ1v) is 6.30. The van der Waals surface area contributed by atoms with Gasteiger partial charge in [-0.25, -0.2) is 4.39 Å². The minimum absolute atomic E-state index is 0.0680. The van der Waals surface area contributed by atoms with Gasteiger partial charge in [0.2, 0.25) is 0 Å². The second-order valence-corrected chi connectivity index (χ2v) is 4.60. The van der Waals surface area contributed by atoms with Crippen LogP contribution in [0, 0.1) is 21.8 Å². The van der Waals surface area contributed by atoms with Crippen molar-refractivity contribution in [3.63, 3.8) is 0 Å². The van der Waals surface area contributed by atoms with Gasteiger partial charge in [-0.15, -0.1) is 0 Å². The molecular weight excluding hydrogens is 267 g/mol. The minimum Gasteiger partial charge on any atom is -0.481 e. The predicted octanol–water partition coefficient (Wildman–Crippen LogP) is 2.11. The van der Waals surface area contributed by atoms with Crippen LogP contribution in [-0.2, 0) is 11.2 Å². The molecule has 0 aliphatic heterocycles. The van der Waals surface area contributed by atoms with Crippen LogP contribution in [0.5, 0.6) is 0 Å². The van der Waals surface area contributed by atoms with Crippen molar-refractivity contribution in [2.75, 3.05) is 6.54 Å². The van der Waals surface area contributed by atoms with Gasteiger partial charge in [-0.3, -0.25) is 14.9 Å². The maximum Gasteiger partial charge on any atom is 0.306 e. The molecule has 0 bridgehead atoms. The van der Waals surface area contributed by atoms with Crippen LogP contribution < -0.4 is 5.73 Å². The van der Waals surface area contributed by atoms with Crippen molar-refractivity contribution in [1.82, 2.24) is 0 Å². The Morgan fingerprint density at radius 2 is 2.10 bits per heavy atom. The zero-order chi connectivity index (χ0) is 15.1. The van der Waals surface area contributed by atoms with E-state index in [9.17, 15) is 19.3 Å². The van der Waals surface area contributed by atoms with Crippen LogP contribution in [0.1, 0.15) is 24.8 Å². The molecule has 0 spiro atoms. The van der Waals surface area contributed by atoms with E-state index < -0.39 is 22.6 Å². The first kappa shape index (κ1) is 16.0. The number of nitrogens with two attached hydrogens (primary N) is 1. The summed E-state index contributed by atoms with van der Waals surface area (Å²) < 4.78 is 13.3. The van der Waals surface area contributed by atoms with Gasteiger partial charge in [0.25, 0.3) is 5.69 Å². The average molecular weight is 284 g/mol. The molecular formula is C13H17FN2O4. The lowest BCUT2D eigenvalue weighted by atomic mass is 9.94. The first-order chi connectivity index (χ1) is 9.43. The van der Waals surface area contributed by atoms with E-state index in [2.05, 4.69) is 0 Å². The first-order valence-electron chi connectivity index (χ1n) is 6.30. The van der Waals surface area contributed by atoms with Gasteiger partial charge in [-0.05, 0) is 37.4 Å². The van der Waals surface area contributed by atoms with E-state index >= 15 is 0 Å². The van der Waals surface area contributed by atoms with E-state index in [1.54, 1.807) is 0 Å². The number of hydrogen-bond donors (Lipinski definition) is 2. The van der Waals surface area contributed by atoms with E-state index in [1.807, 2.05) is 0 Å². The third kappa shape index (κ3) is 4.93. The van der Waals surface area contributed by atoms with Crippen LogP contribution in [0.3, 0.4) is 0 Å². The highest BCUT2D eigenvalue weighted by Crippen LogP contribution is 2.21. The molecule has 0 aliphatic rings. The number of carbonyl (C=O) groups is 1. The molecule has 0 fully saturated rings. The summed E-state index contributed by atoms with van der Waals surface area (Å²) in [6.45, 7) is 0.484. The molecule has 1 aromatic rings. The zero-order valence-electron chi connectivity index (χ0n) is 10.9. The molecule has 0 saturated carbocycles. The Kier molecular flexibility index (Phi) is 6.05. The van der Waals surface area contributed by atoms with Crippen molar-refractivity contribution in [3.8, 4) is 0 Å². The van der Waals surface area contributed by atoms with E-state index in [1.165, 1.54) is 6.07 Å². The molecule has 0 saturated heterocycles. The largest absolute Gasteiger partial charge is 0.481 e. The van der Waals surface area contributed by atoms with Crippen LogP contribution in [0.2, 0.25) is 0 Å². The summed E-state index contributed by atoms with van der Waals surface area (Å²) in [6, 6.07) is 3.15. The number of carboxylic acid groups (broad SMARTS) is 1. The summed E-state index contributed by atoms with van der Waals surface area (Å²) in [4.78, 5) is 21.1. The third-order valence-corrected chi connectivity index (χ3v) is 2.99. The van der Waals surface area contributed by atoms with Crippen molar-refractivity contribution in [2.24, 2.45) is 11.7 Å². The van der Waals surface area contributed by atoms with Crippen molar-refractivity contribution in [2.45, 2.75) is 25.7 Å². The molecule has 110 valence electrons. The van der Waals surface area contributed by atoms with Gasteiger partial charge in [0.15, 0.2) is 0 Å². The maximum atomic E-state index is 13.3. The van der Waals surface area contributed by atoms with Gasteiger partial charge in [-0.2, -0.15) is 0 Å². The molecule has 20 heavy (non-hydrogen) atoms. The number of non-ortho nitro benzene ring substituents is 1. The van der Waals surface area contributed by atoms with Crippen LogP contribution in [0.4, 0.5) is 10.1 Å². The van der Waals surface area contributed by atoms with E-state index in [4.69, 9.17) is 10.8 Å². The molecule has 1 rings (SSSR count). The Morgan fingerprint density at radius 1 is 1.40 bits per heavy atom. The number of aliphatic carboxylic acids is 1. The van der Waals surface area contributed by atoms with Crippen LogP contribution in [0.15, 0.2) is 18.2 Å². The molecule has 0 aliphatic carbocycles. The third-order valence-electron chi connectivity index (χ3n) is 2.99. The molecule has 0 radical (unpaired) electrons. The van der Waals surface area contributed by atoms with Gasteiger partial charge in [0.1, 0.15) is 5.82 Å². The molecule has 1 atom stereocenters. The Bertz CT molecular complexity index is 493. The summed E-state index contributed by atoms with van der Waals surface area (Å²) >= 11 is 0. The van der Waals surface area contributed by atoms with Crippen molar-refractivity contribution >= 4 is 11.7 Å². The SMILES string of the molecule is NCCCCC(Cc1cc(F)cc([N+](=O)[O-])c1)C(=O)O. The van der Waals surface area contributed by atoms with Gasteiger partial charge >= 0.3 is 5.97 Å². The van der Waals surface area contributed by atoms with Gasteiger partial charge in [0, 0.05) is 6.07 Å².